The molecule has 0 unspecified atom stereocenters. The third-order valence-electron chi connectivity index (χ3n) is 3.44. The van der Waals surface area contributed by atoms with E-state index < -0.39 is 5.97 Å². The number of ether oxygens (including phenoxy) is 2. The summed E-state index contributed by atoms with van der Waals surface area (Å²) >= 11 is 0. The van der Waals surface area contributed by atoms with Gasteiger partial charge in [0, 0.05) is 5.56 Å². The second-order valence-electron chi connectivity index (χ2n) is 5.21. The van der Waals surface area contributed by atoms with Crippen LogP contribution in [0.1, 0.15) is 45.7 Å². The number of hydrogen-bond donors (Lipinski definition) is 0. The molecule has 0 aromatic heterocycles. The summed E-state index contributed by atoms with van der Waals surface area (Å²) in [6.45, 7) is 5.64. The summed E-state index contributed by atoms with van der Waals surface area (Å²) in [5.74, 6) is -0.157. The van der Waals surface area contributed by atoms with Crippen molar-refractivity contribution in [2.24, 2.45) is 0 Å². The lowest BCUT2D eigenvalue weighted by Crippen LogP contribution is -2.10. The van der Waals surface area contributed by atoms with Crippen molar-refractivity contribution in [2.75, 3.05) is 6.61 Å². The summed E-state index contributed by atoms with van der Waals surface area (Å²) in [6, 6.07) is 12.9. The number of aryl methyl sites for hydroxylation is 1. The van der Waals surface area contributed by atoms with Gasteiger partial charge in [-0.15, -0.1) is 0 Å². The average molecular weight is 312 g/mol. The molecule has 2 rings (SSSR count). The molecule has 0 bridgehead atoms. The highest BCUT2D eigenvalue weighted by Crippen LogP contribution is 2.26. The number of Topliss-reactive ketones (excluding diaryl/α,β-unsaturated/α-hetero) is 1. The maximum Gasteiger partial charge on any atom is 0.341 e. The zero-order valence-electron chi connectivity index (χ0n) is 13.6. The van der Waals surface area contributed by atoms with Gasteiger partial charge in [0.25, 0.3) is 0 Å². The predicted octanol–water partition coefficient (Wildman–Crippen LogP) is 3.95. The number of benzene rings is 2. The largest absolute Gasteiger partial charge is 0.488 e. The smallest absolute Gasteiger partial charge is 0.341 e. The normalized spacial score (nSPS) is 10.2. The zero-order chi connectivity index (χ0) is 16.8. The Bertz CT molecular complexity index is 705. The minimum atomic E-state index is -0.488. The van der Waals surface area contributed by atoms with E-state index in [4.69, 9.17) is 9.47 Å². The van der Waals surface area contributed by atoms with Crippen LogP contribution < -0.4 is 4.74 Å². The Balaban J connectivity index is 2.34. The average Bonchev–Trinajstić information content (AvgIpc) is 2.53. The van der Waals surface area contributed by atoms with Crippen molar-refractivity contribution in [1.82, 2.24) is 0 Å². The highest BCUT2D eigenvalue weighted by molar-refractivity contribution is 6.00. The van der Waals surface area contributed by atoms with Crippen molar-refractivity contribution in [3.05, 3.63) is 64.7 Å². The van der Waals surface area contributed by atoms with E-state index in [1.807, 2.05) is 37.3 Å². The van der Waals surface area contributed by atoms with Gasteiger partial charge in [-0.3, -0.25) is 4.79 Å². The van der Waals surface area contributed by atoms with Gasteiger partial charge < -0.3 is 9.47 Å². The van der Waals surface area contributed by atoms with Gasteiger partial charge in [0.1, 0.15) is 17.9 Å². The molecule has 0 radical (unpaired) electrons. The quantitative estimate of drug-likeness (QED) is 0.598. The van der Waals surface area contributed by atoms with Gasteiger partial charge in [0.05, 0.1) is 6.61 Å². The fraction of sp³-hybridized carbons (Fsp3) is 0.263. The molecule has 0 aliphatic heterocycles. The number of carbonyl (C=O) groups is 2. The van der Waals surface area contributed by atoms with Crippen LogP contribution in [0, 0.1) is 6.92 Å². The van der Waals surface area contributed by atoms with Crippen molar-refractivity contribution in [1.29, 1.82) is 0 Å². The van der Waals surface area contributed by atoms with Gasteiger partial charge in [0.2, 0.25) is 0 Å². The van der Waals surface area contributed by atoms with Gasteiger partial charge in [-0.2, -0.15) is 0 Å². The molecule has 4 nitrogen and oxygen atoms in total. The van der Waals surface area contributed by atoms with E-state index in [1.54, 1.807) is 19.1 Å². The molecule has 4 heteroatoms. The first kappa shape index (κ1) is 16.7. The van der Waals surface area contributed by atoms with E-state index >= 15 is 0 Å². The minimum absolute atomic E-state index is 0.0948. The van der Waals surface area contributed by atoms with Gasteiger partial charge >= 0.3 is 5.97 Å². The topological polar surface area (TPSA) is 52.6 Å². The molecule has 0 heterocycles. The molecular weight excluding hydrogens is 292 g/mol. The summed E-state index contributed by atoms with van der Waals surface area (Å²) < 4.78 is 10.9. The Morgan fingerprint density at radius 3 is 2.35 bits per heavy atom. The Morgan fingerprint density at radius 1 is 1.04 bits per heavy atom. The van der Waals surface area contributed by atoms with E-state index in [-0.39, 0.29) is 18.0 Å². The fourth-order valence-corrected chi connectivity index (χ4v) is 2.28. The summed E-state index contributed by atoms with van der Waals surface area (Å²) in [7, 11) is 0. The van der Waals surface area contributed by atoms with Crippen LogP contribution in [0.2, 0.25) is 0 Å². The van der Waals surface area contributed by atoms with E-state index in [9.17, 15) is 9.59 Å². The maximum atomic E-state index is 12.1. The first-order valence-corrected chi connectivity index (χ1v) is 7.52. The van der Waals surface area contributed by atoms with Crippen molar-refractivity contribution in [3.63, 3.8) is 0 Å². The van der Waals surface area contributed by atoms with E-state index in [1.165, 1.54) is 6.92 Å². The molecule has 0 fully saturated rings. The summed E-state index contributed by atoms with van der Waals surface area (Å²) in [6.07, 6.45) is 0. The van der Waals surface area contributed by atoms with Crippen LogP contribution in [0.4, 0.5) is 0 Å². The van der Waals surface area contributed by atoms with E-state index in [0.717, 1.165) is 11.1 Å². The van der Waals surface area contributed by atoms with Gasteiger partial charge in [0.15, 0.2) is 5.78 Å². The molecule has 0 amide bonds. The van der Waals surface area contributed by atoms with Crippen molar-refractivity contribution in [3.8, 4) is 5.75 Å². The van der Waals surface area contributed by atoms with Gasteiger partial charge in [-0.25, -0.2) is 4.79 Å². The maximum absolute atomic E-state index is 12.1. The van der Waals surface area contributed by atoms with Crippen molar-refractivity contribution in [2.45, 2.75) is 27.4 Å². The molecule has 0 aliphatic rings. The highest BCUT2D eigenvalue weighted by atomic mass is 16.5. The Morgan fingerprint density at radius 2 is 1.74 bits per heavy atom. The molecule has 2 aromatic carbocycles. The molecule has 0 N–H and O–H groups in total. The molecular formula is C19H20O4. The minimum Gasteiger partial charge on any atom is -0.488 e. The third kappa shape index (κ3) is 4.19. The lowest BCUT2D eigenvalue weighted by molar-refractivity contribution is 0.0521. The summed E-state index contributed by atoms with van der Waals surface area (Å²) in [4.78, 5) is 23.8. The van der Waals surface area contributed by atoms with Gasteiger partial charge in [-0.1, -0.05) is 30.3 Å². The second-order valence-corrected chi connectivity index (χ2v) is 5.21. The first-order chi connectivity index (χ1) is 11.0. The molecule has 0 aliphatic carbocycles. The zero-order valence-corrected chi connectivity index (χ0v) is 13.6. The molecule has 0 spiro atoms. The monoisotopic (exact) mass is 312 g/mol. The molecule has 0 saturated carbocycles. The summed E-state index contributed by atoms with van der Waals surface area (Å²) in [5, 5.41) is 0. The number of rotatable bonds is 6. The molecule has 0 saturated heterocycles. The Labute approximate surface area is 136 Å². The van der Waals surface area contributed by atoms with E-state index in [0.29, 0.717) is 17.9 Å². The van der Waals surface area contributed by atoms with Crippen LogP contribution in [0.15, 0.2) is 42.5 Å². The number of hydrogen-bond acceptors (Lipinski definition) is 4. The molecule has 2 aromatic rings. The number of carbonyl (C=O) groups excluding carboxylic acids is 2. The van der Waals surface area contributed by atoms with Crippen LogP contribution >= 0.6 is 0 Å². The Kier molecular flexibility index (Phi) is 5.52. The van der Waals surface area contributed by atoms with Crippen LogP contribution in [0.3, 0.4) is 0 Å². The van der Waals surface area contributed by atoms with Crippen molar-refractivity contribution >= 4 is 11.8 Å². The predicted molar refractivity (Wildman–Crippen MR) is 87.9 cm³/mol. The molecule has 120 valence electrons. The highest BCUT2D eigenvalue weighted by Gasteiger charge is 2.18. The van der Waals surface area contributed by atoms with Crippen molar-refractivity contribution < 1.29 is 19.1 Å². The molecule has 0 atom stereocenters. The number of ketones is 1. The first-order valence-electron chi connectivity index (χ1n) is 7.52. The van der Waals surface area contributed by atoms with Crippen LogP contribution in [0.5, 0.6) is 5.75 Å². The van der Waals surface area contributed by atoms with Crippen LogP contribution in [-0.4, -0.2) is 18.4 Å². The van der Waals surface area contributed by atoms with Gasteiger partial charge in [-0.05, 0) is 44.0 Å². The third-order valence-corrected chi connectivity index (χ3v) is 3.44. The SMILES string of the molecule is CCOC(=O)c1cc(C(C)=O)c(C)cc1OCc1ccccc1. The lowest BCUT2D eigenvalue weighted by Gasteiger charge is -2.14. The lowest BCUT2D eigenvalue weighted by atomic mass is 10.0. The number of esters is 1. The molecule has 23 heavy (non-hydrogen) atoms. The van der Waals surface area contributed by atoms with Crippen LogP contribution in [-0.2, 0) is 11.3 Å². The van der Waals surface area contributed by atoms with Crippen LogP contribution in [0.25, 0.3) is 0 Å². The summed E-state index contributed by atoms with van der Waals surface area (Å²) in [5.41, 5.74) is 2.54. The Hall–Kier alpha value is -2.62. The second kappa shape index (κ2) is 7.58. The fourth-order valence-electron chi connectivity index (χ4n) is 2.28. The standard InChI is InChI=1S/C19H20O4/c1-4-22-19(21)17-11-16(14(3)20)13(2)10-18(17)23-12-15-8-6-5-7-9-15/h5-11H,4,12H2,1-3H3. The van der Waals surface area contributed by atoms with E-state index in [2.05, 4.69) is 0 Å².